The number of imide groups is 1. The summed E-state index contributed by atoms with van der Waals surface area (Å²) in [5, 5.41) is 10.7. The maximum Gasteiger partial charge on any atom is 0.253 e. The van der Waals surface area contributed by atoms with Gasteiger partial charge in [0.15, 0.2) is 17.7 Å². The molecule has 16 N–H and O–H groups in total. The number of Topliss-reactive ketones (excluding diaryl/α,β-unsaturated/α-hetero) is 1. The highest BCUT2D eigenvalue weighted by Crippen LogP contribution is 2.18. The van der Waals surface area contributed by atoms with Crippen LogP contribution in [0.15, 0.2) is 94.9 Å². The van der Waals surface area contributed by atoms with E-state index in [-0.39, 0.29) is 69.5 Å². The summed E-state index contributed by atoms with van der Waals surface area (Å²) < 4.78 is 14.1. The number of hydrogen-bond donors (Lipinski definition) is 10. The Kier molecular flexibility index (Phi) is 23.5. The Morgan fingerprint density at radius 3 is 1.79 bits per heavy atom. The van der Waals surface area contributed by atoms with Crippen molar-refractivity contribution in [3.05, 3.63) is 107 Å². The molecule has 0 saturated carbocycles. The van der Waals surface area contributed by atoms with E-state index in [1.807, 2.05) is 0 Å². The van der Waals surface area contributed by atoms with E-state index in [9.17, 15) is 42.7 Å². The normalized spacial score (nSPS) is 13.1. The van der Waals surface area contributed by atoms with Crippen LogP contribution in [0.2, 0.25) is 0 Å². The van der Waals surface area contributed by atoms with Gasteiger partial charge in [-0.15, -0.1) is 0 Å². The highest BCUT2D eigenvalue weighted by Gasteiger charge is 2.36. The molecule has 0 aliphatic heterocycles. The number of nitrogens with zero attached hydrogens (tertiary/aromatic N) is 3. The average Bonchev–Trinajstić information content (AvgIpc) is 3.30. The maximum atomic E-state index is 14.7. The molecule has 3 rings (SSSR count). The van der Waals surface area contributed by atoms with Crippen LogP contribution in [0.5, 0.6) is 0 Å². The molecule has 3 aromatic rings. The van der Waals surface area contributed by atoms with Crippen LogP contribution in [-0.4, -0.2) is 107 Å². The summed E-state index contributed by atoms with van der Waals surface area (Å²) in [4.78, 5) is 118. The van der Waals surface area contributed by atoms with Crippen molar-refractivity contribution in [2.75, 3.05) is 13.1 Å². The van der Waals surface area contributed by atoms with Gasteiger partial charge in [-0.3, -0.25) is 48.2 Å². The van der Waals surface area contributed by atoms with E-state index in [4.69, 9.17) is 34.4 Å². The number of aliphatic imine (C=N–C) groups is 2. The minimum Gasteiger partial charge on any atom is -0.370 e. The molecule has 0 aliphatic rings. The van der Waals surface area contributed by atoms with Crippen molar-refractivity contribution in [2.24, 2.45) is 50.3 Å². The van der Waals surface area contributed by atoms with E-state index in [1.54, 1.807) is 68.4 Å². The van der Waals surface area contributed by atoms with Crippen LogP contribution < -0.4 is 55.7 Å². The quantitative estimate of drug-likeness (QED) is 0.0153. The molecule has 0 aromatic heterocycles. The number of nitrogens with one attached hydrogen (secondary N) is 4. The van der Waals surface area contributed by atoms with Crippen molar-refractivity contribution in [3.8, 4) is 0 Å². The topological polar surface area (TPSA) is 369 Å². The Labute approximate surface area is 411 Å². The van der Waals surface area contributed by atoms with Gasteiger partial charge in [-0.2, -0.15) is 0 Å². The molecule has 0 saturated heterocycles. The summed E-state index contributed by atoms with van der Waals surface area (Å²) in [5.41, 5.74) is 34.9. The second-order valence-corrected chi connectivity index (χ2v) is 17.1. The van der Waals surface area contributed by atoms with Gasteiger partial charge in [-0.25, -0.2) is 9.38 Å². The molecule has 71 heavy (non-hydrogen) atoms. The third kappa shape index (κ3) is 20.6. The maximum absolute atomic E-state index is 14.7. The fourth-order valence-electron chi connectivity index (χ4n) is 7.28. The van der Waals surface area contributed by atoms with E-state index in [0.29, 0.717) is 28.8 Å². The molecule has 0 heterocycles. The number of ketones is 1. The molecule has 382 valence electrons. The minimum atomic E-state index is -1.58. The van der Waals surface area contributed by atoms with E-state index in [1.165, 1.54) is 18.2 Å². The van der Waals surface area contributed by atoms with Gasteiger partial charge in [-0.1, -0.05) is 68.4 Å². The van der Waals surface area contributed by atoms with Gasteiger partial charge in [-0.05, 0) is 91.6 Å². The zero-order valence-corrected chi connectivity index (χ0v) is 40.1. The number of carbonyl (C=O) groups is 8. The number of amides is 7. The predicted molar refractivity (Wildman–Crippen MR) is 267 cm³/mol. The smallest absolute Gasteiger partial charge is 0.253 e. The second kappa shape index (κ2) is 29.1. The number of carbonyl (C=O) groups excluding carboxylic acids is 8. The molecule has 0 spiro atoms. The van der Waals surface area contributed by atoms with E-state index >= 15 is 0 Å². The summed E-state index contributed by atoms with van der Waals surface area (Å²) in [6, 6.07) is 13.3. The summed E-state index contributed by atoms with van der Waals surface area (Å²) in [6.07, 6.45) is 1.99. The molecule has 21 nitrogen and oxygen atoms in total. The van der Waals surface area contributed by atoms with Gasteiger partial charge < -0.3 is 55.7 Å². The van der Waals surface area contributed by atoms with E-state index in [2.05, 4.69) is 31.3 Å². The van der Waals surface area contributed by atoms with Gasteiger partial charge >= 0.3 is 0 Å². The number of hydrogen-bond acceptors (Lipinski definition) is 11. The van der Waals surface area contributed by atoms with Crippen molar-refractivity contribution in [3.63, 3.8) is 0 Å². The summed E-state index contributed by atoms with van der Waals surface area (Å²) in [5.74, 6) is -7.85. The van der Waals surface area contributed by atoms with Crippen molar-refractivity contribution in [1.29, 1.82) is 0 Å². The van der Waals surface area contributed by atoms with Gasteiger partial charge in [0.25, 0.3) is 5.91 Å². The molecule has 0 fully saturated rings. The van der Waals surface area contributed by atoms with Crippen LogP contribution in [0.1, 0.15) is 76.0 Å². The number of benzene rings is 3. The van der Waals surface area contributed by atoms with Crippen LogP contribution in [0.25, 0.3) is 6.08 Å². The van der Waals surface area contributed by atoms with Crippen LogP contribution in [-0.2, 0) is 51.2 Å². The molecule has 5 atom stereocenters. The Morgan fingerprint density at radius 2 is 1.21 bits per heavy atom. The first kappa shape index (κ1) is 57.3. The number of rotatable bonds is 28. The highest BCUT2D eigenvalue weighted by molar-refractivity contribution is 6.06. The van der Waals surface area contributed by atoms with Crippen molar-refractivity contribution < 1.29 is 42.7 Å². The van der Waals surface area contributed by atoms with Gasteiger partial charge in [0, 0.05) is 32.4 Å². The minimum absolute atomic E-state index is 0.0254. The first-order valence-corrected chi connectivity index (χ1v) is 22.9. The standard InChI is InChI=1S/C49H66FN13O8/c1-29(2)25-38(45(69)60-37(12-8-24-57-48(53)54)44(68)59-36(11-7-23-51)41(65)28-42(52)66)61-46(70)39(26-32-15-20-35(21-16-32)58-49(55)56)62-47(71)40(27-33-13-18-34(50)19-14-33)63(30(3)64)43(67)22-17-31-9-5-4-6-10-31/h4-6,9-10,13-22,29,36-40H,7-8,11-12,23-28,51H2,1-3H3,(H2,52,66)(H,59,68)(H,60,69)(H,61,70)(H,62,71)(H4,53,54,57)(H4,55,56,58)/b22-17+. The summed E-state index contributed by atoms with van der Waals surface area (Å²) in [6.45, 7) is 4.91. The van der Waals surface area contributed by atoms with Gasteiger partial charge in [0.05, 0.1) is 18.2 Å². The second-order valence-electron chi connectivity index (χ2n) is 17.1. The van der Waals surface area contributed by atoms with Crippen molar-refractivity contribution in [2.45, 2.75) is 102 Å². The third-order valence-electron chi connectivity index (χ3n) is 10.7. The van der Waals surface area contributed by atoms with Crippen molar-refractivity contribution >= 4 is 70.8 Å². The molecule has 22 heteroatoms. The van der Waals surface area contributed by atoms with Gasteiger partial charge in [0.2, 0.25) is 35.4 Å². The molecule has 0 bridgehead atoms. The fraction of sp³-hybridized carbons (Fsp3) is 0.388. The van der Waals surface area contributed by atoms with Crippen LogP contribution >= 0.6 is 0 Å². The third-order valence-corrected chi connectivity index (χ3v) is 10.7. The van der Waals surface area contributed by atoms with Crippen LogP contribution in [0, 0.1) is 11.7 Å². The van der Waals surface area contributed by atoms with E-state index in [0.717, 1.165) is 30.0 Å². The van der Waals surface area contributed by atoms with E-state index < -0.39 is 89.6 Å². The lowest BCUT2D eigenvalue weighted by atomic mass is 9.99. The summed E-state index contributed by atoms with van der Waals surface area (Å²) in [7, 11) is 0. The van der Waals surface area contributed by atoms with Crippen molar-refractivity contribution in [1.82, 2.24) is 26.2 Å². The van der Waals surface area contributed by atoms with Crippen LogP contribution in [0.3, 0.4) is 0 Å². The lowest BCUT2D eigenvalue weighted by Gasteiger charge is -2.30. The largest absolute Gasteiger partial charge is 0.370 e. The summed E-state index contributed by atoms with van der Waals surface area (Å²) >= 11 is 0. The fourth-order valence-corrected chi connectivity index (χ4v) is 7.28. The number of guanidine groups is 2. The predicted octanol–water partition coefficient (Wildman–Crippen LogP) is 0.195. The molecule has 3 aromatic carbocycles. The van der Waals surface area contributed by atoms with Crippen LogP contribution in [0.4, 0.5) is 10.1 Å². The molecule has 0 aliphatic carbocycles. The highest BCUT2D eigenvalue weighted by atomic mass is 19.1. The molecular formula is C49H66FN13O8. The Morgan fingerprint density at radius 1 is 0.662 bits per heavy atom. The SMILES string of the molecule is CC(=O)N(C(=O)/C=C/c1ccccc1)C(Cc1ccc(F)cc1)C(=O)NC(Cc1ccc(N=C(N)N)cc1)C(=O)NC(CC(C)C)C(=O)NC(CCCN=C(N)N)C(=O)NC(CCCN)C(=O)CC(N)=O. The number of primary amides is 1. The molecule has 0 radical (unpaired) electrons. The zero-order valence-electron chi connectivity index (χ0n) is 40.1. The molecule has 5 unspecified atom stereocenters. The zero-order chi connectivity index (χ0) is 52.6. The lowest BCUT2D eigenvalue weighted by molar-refractivity contribution is -0.148. The van der Waals surface area contributed by atoms with Gasteiger partial charge in [0.1, 0.15) is 30.0 Å². The first-order chi connectivity index (χ1) is 33.7. The Hall–Kier alpha value is -8.01. The molecule has 7 amide bonds. The monoisotopic (exact) mass is 984 g/mol. The Bertz CT molecular complexity index is 2390. The number of nitrogens with two attached hydrogens (primary N) is 6. The molecular weight excluding hydrogens is 918 g/mol. The number of halogens is 1. The first-order valence-electron chi connectivity index (χ1n) is 22.9. The average molecular weight is 984 g/mol. The lowest BCUT2D eigenvalue weighted by Crippen LogP contribution is -2.60. The Balaban J connectivity index is 2.07.